The Bertz CT molecular complexity index is 1560. The number of unbranched alkanes of at least 4 members (excludes halogenated alkanes) is 1. The summed E-state index contributed by atoms with van der Waals surface area (Å²) < 4.78 is 28.7. The highest BCUT2D eigenvalue weighted by Crippen LogP contribution is 2.32. The minimum absolute atomic E-state index is 0.101. The first kappa shape index (κ1) is 27.0. The number of sulfonamides is 1. The smallest absolute Gasteiger partial charge is 0.303 e. The van der Waals surface area contributed by atoms with Gasteiger partial charge in [-0.1, -0.05) is 60.2 Å². The predicted molar refractivity (Wildman–Crippen MR) is 152 cm³/mol. The number of carboxylic acid groups (broad SMARTS) is 1. The molecule has 0 unspecified atom stereocenters. The van der Waals surface area contributed by atoms with Gasteiger partial charge in [0.25, 0.3) is 0 Å². The van der Waals surface area contributed by atoms with Gasteiger partial charge in [-0.2, -0.15) is 4.31 Å². The third-order valence-electron chi connectivity index (χ3n) is 7.45. The predicted octanol–water partition coefficient (Wildman–Crippen LogP) is 5.97. The van der Waals surface area contributed by atoms with Crippen LogP contribution >= 0.6 is 0 Å². The Morgan fingerprint density at radius 3 is 2.33 bits per heavy atom. The van der Waals surface area contributed by atoms with Gasteiger partial charge in [0.15, 0.2) is 0 Å². The second kappa shape index (κ2) is 11.6. The first-order chi connectivity index (χ1) is 18.8. The topological polar surface area (TPSA) is 100 Å². The van der Waals surface area contributed by atoms with Crippen LogP contribution in [0.1, 0.15) is 54.8 Å². The number of rotatable bonds is 9. The lowest BCUT2D eigenvalue weighted by Gasteiger charge is -2.31. The van der Waals surface area contributed by atoms with Crippen LogP contribution in [0.25, 0.3) is 22.3 Å². The van der Waals surface area contributed by atoms with E-state index in [1.807, 2.05) is 49.4 Å². The molecule has 1 N–H and O–H groups in total. The maximum atomic E-state index is 13.6. The molecule has 202 valence electrons. The van der Waals surface area contributed by atoms with Crippen LogP contribution in [-0.4, -0.2) is 46.9 Å². The Balaban J connectivity index is 1.42. The maximum Gasteiger partial charge on any atom is 0.303 e. The molecular weight excluding hydrogens is 510 g/mol. The number of carboxylic acids is 1. The molecule has 1 aromatic heterocycles. The summed E-state index contributed by atoms with van der Waals surface area (Å²) in [6, 6.07) is 23.3. The molecule has 0 spiro atoms. The summed E-state index contributed by atoms with van der Waals surface area (Å²) in [7, 11) is -3.67. The summed E-state index contributed by atoms with van der Waals surface area (Å²) >= 11 is 0. The number of carbonyl (C=O) groups is 1. The zero-order valence-electron chi connectivity index (χ0n) is 22.1. The van der Waals surface area contributed by atoms with Gasteiger partial charge in [-0.05, 0) is 68.7 Å². The molecule has 0 aliphatic carbocycles. The fourth-order valence-corrected chi connectivity index (χ4v) is 6.71. The molecule has 0 amide bonds. The van der Waals surface area contributed by atoms with Crippen molar-refractivity contribution in [1.29, 1.82) is 0 Å². The number of aromatic nitrogens is 2. The van der Waals surface area contributed by atoms with Crippen LogP contribution in [0.5, 0.6) is 0 Å². The van der Waals surface area contributed by atoms with Crippen molar-refractivity contribution in [3.05, 3.63) is 89.6 Å². The van der Waals surface area contributed by atoms with Gasteiger partial charge in [-0.3, -0.25) is 4.79 Å². The van der Waals surface area contributed by atoms with E-state index in [0.717, 1.165) is 35.4 Å². The molecule has 1 saturated heterocycles. The quantitative estimate of drug-likeness (QED) is 0.261. The normalized spacial score (nSPS) is 15.0. The molecule has 0 saturated carbocycles. The molecule has 1 fully saturated rings. The lowest BCUT2D eigenvalue weighted by molar-refractivity contribution is -0.137. The standard InChI is InChI=1S/C31H33N3O4S/c1-22-11-13-25(14-12-22)31-28(9-5-6-10-30(35)36)32-29-21-26(15-16-27(29)33-31)39(37,38)34-19-17-24(18-20-34)23-7-3-2-4-8-23/h2-4,7-8,11-16,21,24H,5-6,9-10,17-20H2,1H3,(H,35,36). The zero-order chi connectivity index (χ0) is 27.4. The van der Waals surface area contributed by atoms with Gasteiger partial charge in [-0.15, -0.1) is 0 Å². The molecule has 1 aliphatic heterocycles. The molecule has 3 aromatic carbocycles. The van der Waals surface area contributed by atoms with E-state index in [0.29, 0.717) is 49.3 Å². The Morgan fingerprint density at radius 2 is 1.64 bits per heavy atom. The highest BCUT2D eigenvalue weighted by atomic mass is 32.2. The van der Waals surface area contributed by atoms with Gasteiger partial charge in [0.05, 0.1) is 27.3 Å². The SMILES string of the molecule is Cc1ccc(-c2nc3ccc(S(=O)(=O)N4CCC(c5ccccc5)CC4)cc3nc2CCCCC(=O)O)cc1. The third kappa shape index (κ3) is 6.18. The third-order valence-corrected chi connectivity index (χ3v) is 9.34. The Hall–Kier alpha value is -3.62. The average molecular weight is 544 g/mol. The van der Waals surface area contributed by atoms with Crippen LogP contribution in [0.2, 0.25) is 0 Å². The second-order valence-corrected chi connectivity index (χ2v) is 12.2. The van der Waals surface area contributed by atoms with Crippen molar-refractivity contribution in [2.45, 2.75) is 56.3 Å². The van der Waals surface area contributed by atoms with Crippen molar-refractivity contribution in [2.24, 2.45) is 0 Å². The molecule has 39 heavy (non-hydrogen) atoms. The number of piperidine rings is 1. The number of nitrogens with zero attached hydrogens (tertiary/aromatic N) is 3. The highest BCUT2D eigenvalue weighted by Gasteiger charge is 2.30. The van der Waals surface area contributed by atoms with Crippen molar-refractivity contribution in [3.63, 3.8) is 0 Å². The number of aryl methyl sites for hydroxylation is 2. The van der Waals surface area contributed by atoms with E-state index in [4.69, 9.17) is 15.1 Å². The van der Waals surface area contributed by atoms with Gasteiger partial charge in [-0.25, -0.2) is 18.4 Å². The summed E-state index contributed by atoms with van der Waals surface area (Å²) in [6.07, 6.45) is 3.43. The van der Waals surface area contributed by atoms with Crippen molar-refractivity contribution in [1.82, 2.24) is 14.3 Å². The molecule has 0 bridgehead atoms. The molecular formula is C31H33N3O4S. The summed E-state index contributed by atoms with van der Waals surface area (Å²) in [6.45, 7) is 2.98. The van der Waals surface area contributed by atoms with Crippen molar-refractivity contribution in [2.75, 3.05) is 13.1 Å². The lowest BCUT2D eigenvalue weighted by atomic mass is 9.90. The van der Waals surface area contributed by atoms with Crippen LogP contribution in [0.15, 0.2) is 77.7 Å². The van der Waals surface area contributed by atoms with E-state index in [1.54, 1.807) is 22.5 Å². The van der Waals surface area contributed by atoms with E-state index in [1.165, 1.54) is 5.56 Å². The van der Waals surface area contributed by atoms with E-state index in [-0.39, 0.29) is 11.3 Å². The van der Waals surface area contributed by atoms with Crippen LogP contribution in [-0.2, 0) is 21.2 Å². The second-order valence-electron chi connectivity index (χ2n) is 10.2. The largest absolute Gasteiger partial charge is 0.481 e. The number of hydrogen-bond donors (Lipinski definition) is 1. The molecule has 8 heteroatoms. The summed E-state index contributed by atoms with van der Waals surface area (Å²) in [5.74, 6) is -0.454. The van der Waals surface area contributed by atoms with E-state index >= 15 is 0 Å². The highest BCUT2D eigenvalue weighted by molar-refractivity contribution is 7.89. The fourth-order valence-electron chi connectivity index (χ4n) is 5.22. The molecule has 4 aromatic rings. The van der Waals surface area contributed by atoms with E-state index in [2.05, 4.69) is 12.1 Å². The first-order valence-corrected chi connectivity index (χ1v) is 14.9. The Labute approximate surface area is 229 Å². The van der Waals surface area contributed by atoms with Crippen molar-refractivity contribution in [3.8, 4) is 11.3 Å². The molecule has 1 aliphatic rings. The van der Waals surface area contributed by atoms with Crippen LogP contribution in [0.3, 0.4) is 0 Å². The summed E-state index contributed by atoms with van der Waals surface area (Å²) in [5.41, 5.74) is 5.97. The Morgan fingerprint density at radius 1 is 0.923 bits per heavy atom. The molecule has 0 radical (unpaired) electrons. The maximum absolute atomic E-state index is 13.6. The minimum Gasteiger partial charge on any atom is -0.481 e. The fraction of sp³-hybridized carbons (Fsp3) is 0.323. The zero-order valence-corrected chi connectivity index (χ0v) is 22.9. The van der Waals surface area contributed by atoms with Gasteiger partial charge in [0.2, 0.25) is 10.0 Å². The molecule has 7 nitrogen and oxygen atoms in total. The van der Waals surface area contributed by atoms with Crippen molar-refractivity contribution < 1.29 is 18.3 Å². The van der Waals surface area contributed by atoms with Crippen LogP contribution in [0.4, 0.5) is 0 Å². The first-order valence-electron chi connectivity index (χ1n) is 13.5. The molecule has 0 atom stereocenters. The molecule has 5 rings (SSSR count). The van der Waals surface area contributed by atoms with Gasteiger partial charge in [0, 0.05) is 25.1 Å². The van der Waals surface area contributed by atoms with Crippen LogP contribution < -0.4 is 0 Å². The van der Waals surface area contributed by atoms with E-state index in [9.17, 15) is 13.2 Å². The van der Waals surface area contributed by atoms with Gasteiger partial charge < -0.3 is 5.11 Å². The minimum atomic E-state index is -3.67. The summed E-state index contributed by atoms with van der Waals surface area (Å²) in [5, 5.41) is 9.01. The van der Waals surface area contributed by atoms with E-state index < -0.39 is 16.0 Å². The number of aliphatic carboxylic acids is 1. The monoisotopic (exact) mass is 543 g/mol. The lowest BCUT2D eigenvalue weighted by Crippen LogP contribution is -2.37. The van der Waals surface area contributed by atoms with Crippen molar-refractivity contribution >= 4 is 27.0 Å². The Kier molecular flexibility index (Phi) is 8.04. The summed E-state index contributed by atoms with van der Waals surface area (Å²) in [4.78, 5) is 20.9. The number of fused-ring (bicyclic) bond motifs is 1. The average Bonchev–Trinajstić information content (AvgIpc) is 2.95. The van der Waals surface area contributed by atoms with Gasteiger partial charge in [0.1, 0.15) is 0 Å². The number of benzene rings is 3. The number of hydrogen-bond acceptors (Lipinski definition) is 5. The van der Waals surface area contributed by atoms with Gasteiger partial charge >= 0.3 is 5.97 Å². The molecule has 2 heterocycles. The van der Waals surface area contributed by atoms with Crippen LogP contribution in [0, 0.1) is 6.92 Å².